The normalized spacial score (nSPS) is 12.8. The van der Waals surface area contributed by atoms with Gasteiger partial charge in [-0.3, -0.25) is 9.88 Å². The Hall–Kier alpha value is -4.37. The lowest BCUT2D eigenvalue weighted by Crippen LogP contribution is -2.13. The molecule has 0 spiro atoms. The average Bonchev–Trinajstić information content (AvgIpc) is 3.42. The summed E-state index contributed by atoms with van der Waals surface area (Å²) in [6.45, 7) is 0. The highest BCUT2D eigenvalue weighted by atomic mass is 32.2. The molecule has 37 heavy (non-hydrogen) atoms. The first-order valence-corrected chi connectivity index (χ1v) is 13.6. The predicted molar refractivity (Wildman–Crippen MR) is 156 cm³/mol. The lowest BCUT2D eigenvalue weighted by atomic mass is 10.0. The fourth-order valence-corrected chi connectivity index (χ4v) is 6.87. The Morgan fingerprint density at radius 2 is 1.46 bits per heavy atom. The molecule has 0 N–H and O–H groups in total. The van der Waals surface area contributed by atoms with Gasteiger partial charge in [-0.15, -0.1) is 11.3 Å². The van der Waals surface area contributed by atoms with Gasteiger partial charge in [-0.2, -0.15) is 5.26 Å². The number of fused-ring (bicyclic) bond motifs is 5. The van der Waals surface area contributed by atoms with Gasteiger partial charge in [0.25, 0.3) is 0 Å². The second kappa shape index (κ2) is 8.94. The zero-order valence-electron chi connectivity index (χ0n) is 19.6. The molecule has 4 aromatic carbocycles. The minimum absolute atomic E-state index is 0.554. The number of nitrogens with zero attached hydrogens (tertiary/aromatic N) is 3. The number of hydrogen-bond acceptors (Lipinski definition) is 5. The van der Waals surface area contributed by atoms with Crippen LogP contribution in [0, 0.1) is 11.3 Å². The van der Waals surface area contributed by atoms with E-state index in [1.807, 2.05) is 30.5 Å². The topological polar surface area (TPSA) is 39.9 Å². The lowest BCUT2D eigenvalue weighted by molar-refractivity contribution is 1.18. The minimum atomic E-state index is 0.554. The molecular weight excluding hydrogens is 491 g/mol. The smallest absolute Gasteiger partial charge is 0.101 e. The third-order valence-electron chi connectivity index (χ3n) is 6.58. The maximum Gasteiger partial charge on any atom is 0.101 e. The van der Waals surface area contributed by atoms with Crippen molar-refractivity contribution in [1.82, 2.24) is 4.98 Å². The van der Waals surface area contributed by atoms with Crippen LogP contribution in [0.15, 0.2) is 119 Å². The van der Waals surface area contributed by atoms with Gasteiger partial charge in [0.2, 0.25) is 0 Å². The molecule has 7 rings (SSSR count). The van der Waals surface area contributed by atoms with Gasteiger partial charge in [-0.25, -0.2) is 0 Å². The molecule has 0 aliphatic carbocycles. The molecule has 6 aromatic rings. The Balaban J connectivity index is 1.28. The van der Waals surface area contributed by atoms with Crippen molar-refractivity contribution in [2.45, 2.75) is 9.79 Å². The summed E-state index contributed by atoms with van der Waals surface area (Å²) < 4.78 is 0. The van der Waals surface area contributed by atoms with Gasteiger partial charge in [0.05, 0.1) is 22.6 Å². The molecule has 0 atom stereocenters. The average molecular weight is 510 g/mol. The van der Waals surface area contributed by atoms with Gasteiger partial charge in [0.15, 0.2) is 0 Å². The van der Waals surface area contributed by atoms with Gasteiger partial charge >= 0.3 is 0 Å². The van der Waals surface area contributed by atoms with Crippen LogP contribution in [0.5, 0.6) is 0 Å². The van der Waals surface area contributed by atoms with Crippen LogP contribution in [0.25, 0.3) is 33.2 Å². The molecule has 174 valence electrons. The van der Waals surface area contributed by atoms with Gasteiger partial charge < -0.3 is 0 Å². The van der Waals surface area contributed by atoms with Crippen LogP contribution in [0.4, 0.5) is 16.4 Å². The largest absolute Gasteiger partial charge is 0.300 e. The predicted octanol–water partition coefficient (Wildman–Crippen LogP) is 9.45. The zero-order valence-corrected chi connectivity index (χ0v) is 21.3. The van der Waals surface area contributed by atoms with Crippen molar-refractivity contribution < 1.29 is 0 Å². The fraction of sp³-hybridized carbons (Fsp3) is 0. The van der Waals surface area contributed by atoms with Crippen LogP contribution in [0.3, 0.4) is 0 Å². The number of pyridine rings is 1. The van der Waals surface area contributed by atoms with E-state index >= 15 is 0 Å². The Morgan fingerprint density at radius 3 is 2.24 bits per heavy atom. The number of nitriles is 1. The summed E-state index contributed by atoms with van der Waals surface area (Å²) in [5.41, 5.74) is 3.59. The molecule has 1 aliphatic heterocycles. The number of allylic oxidation sites excluding steroid dienone is 1. The summed E-state index contributed by atoms with van der Waals surface area (Å²) in [6, 6.07) is 38.1. The molecule has 3 nitrogen and oxygen atoms in total. The molecule has 0 saturated carbocycles. The zero-order chi connectivity index (χ0) is 24.8. The standard InChI is InChI=1S/C32H19N3S2/c33-19-23(27-18-22-14-13-21-7-1-2-8-25(21)26(22)20-34-27)17-24-15-16-32(36-24)35-28-9-3-5-11-30(28)37-31-12-6-4-10-29(31)35/h1-18,20H/b23-17+. The van der Waals surface area contributed by atoms with Crippen LogP contribution in [-0.4, -0.2) is 4.98 Å². The van der Waals surface area contributed by atoms with Crippen molar-refractivity contribution >= 4 is 72.7 Å². The van der Waals surface area contributed by atoms with Gasteiger partial charge in [0.1, 0.15) is 11.1 Å². The second-order valence-electron chi connectivity index (χ2n) is 8.80. The maximum absolute atomic E-state index is 10.0. The van der Waals surface area contributed by atoms with Gasteiger partial charge in [-0.05, 0) is 64.7 Å². The number of aromatic nitrogens is 1. The summed E-state index contributed by atoms with van der Waals surface area (Å²) >= 11 is 3.47. The molecule has 1 aliphatic rings. The summed E-state index contributed by atoms with van der Waals surface area (Å²) in [5.74, 6) is 0. The van der Waals surface area contributed by atoms with E-state index in [1.165, 1.54) is 31.9 Å². The Kier molecular flexibility index (Phi) is 5.28. The fourth-order valence-electron chi connectivity index (χ4n) is 4.84. The van der Waals surface area contributed by atoms with E-state index in [4.69, 9.17) is 0 Å². The first-order chi connectivity index (χ1) is 18.3. The van der Waals surface area contributed by atoms with Crippen molar-refractivity contribution in [3.05, 3.63) is 120 Å². The molecule has 0 bridgehead atoms. The molecule has 5 heteroatoms. The van der Waals surface area contributed by atoms with Crippen molar-refractivity contribution in [1.29, 1.82) is 5.26 Å². The van der Waals surface area contributed by atoms with Gasteiger partial charge in [-0.1, -0.05) is 72.4 Å². The summed E-state index contributed by atoms with van der Waals surface area (Å²) in [6.07, 6.45) is 3.83. The van der Waals surface area contributed by atoms with Crippen LogP contribution in [0.1, 0.15) is 10.6 Å². The number of benzene rings is 4. The van der Waals surface area contributed by atoms with E-state index in [9.17, 15) is 5.26 Å². The van der Waals surface area contributed by atoms with Crippen molar-refractivity contribution in [3.8, 4) is 6.07 Å². The molecule has 3 heterocycles. The van der Waals surface area contributed by atoms with Crippen LogP contribution in [-0.2, 0) is 0 Å². The molecule has 0 fully saturated rings. The van der Waals surface area contributed by atoms with Crippen LogP contribution in [0.2, 0.25) is 0 Å². The Labute approximate surface area is 223 Å². The Bertz CT molecular complexity index is 1850. The number of rotatable bonds is 3. The van der Waals surface area contributed by atoms with E-state index in [1.54, 1.807) is 23.1 Å². The van der Waals surface area contributed by atoms with E-state index in [0.717, 1.165) is 20.7 Å². The van der Waals surface area contributed by atoms with Crippen molar-refractivity contribution in [2.24, 2.45) is 0 Å². The highest BCUT2D eigenvalue weighted by Crippen LogP contribution is 2.52. The summed E-state index contributed by atoms with van der Waals surface area (Å²) in [4.78, 5) is 10.5. The molecule has 2 aromatic heterocycles. The quantitative estimate of drug-likeness (QED) is 0.176. The van der Waals surface area contributed by atoms with E-state index in [0.29, 0.717) is 11.3 Å². The number of para-hydroxylation sites is 2. The van der Waals surface area contributed by atoms with Crippen LogP contribution < -0.4 is 4.90 Å². The third kappa shape index (κ3) is 3.79. The Morgan fingerprint density at radius 1 is 0.757 bits per heavy atom. The molecule has 0 radical (unpaired) electrons. The summed E-state index contributed by atoms with van der Waals surface area (Å²) in [7, 11) is 0. The minimum Gasteiger partial charge on any atom is -0.300 e. The highest BCUT2D eigenvalue weighted by molar-refractivity contribution is 7.99. The molecular formula is C32H19N3S2. The van der Waals surface area contributed by atoms with E-state index in [2.05, 4.69) is 101 Å². The van der Waals surface area contributed by atoms with Crippen molar-refractivity contribution in [3.63, 3.8) is 0 Å². The van der Waals surface area contributed by atoms with Crippen LogP contribution >= 0.6 is 23.1 Å². The SMILES string of the molecule is N#C/C(=C\c1ccc(N2c3ccccc3Sc3ccccc32)s1)c1cc2ccc3ccccc3c2cn1. The van der Waals surface area contributed by atoms with Crippen molar-refractivity contribution in [2.75, 3.05) is 4.90 Å². The van der Waals surface area contributed by atoms with E-state index < -0.39 is 0 Å². The molecule has 0 saturated heterocycles. The first-order valence-electron chi connectivity index (χ1n) is 11.9. The summed E-state index contributed by atoms with van der Waals surface area (Å²) in [5, 5.41) is 15.7. The number of anilines is 3. The molecule has 0 amide bonds. The van der Waals surface area contributed by atoms with Gasteiger partial charge in [0, 0.05) is 26.3 Å². The maximum atomic E-state index is 10.0. The second-order valence-corrected chi connectivity index (χ2v) is 11.0. The first kappa shape index (κ1) is 21.9. The van der Waals surface area contributed by atoms with E-state index in [-0.39, 0.29) is 0 Å². The third-order valence-corrected chi connectivity index (χ3v) is 8.73. The highest BCUT2D eigenvalue weighted by Gasteiger charge is 2.25. The number of thiophene rings is 1. The molecule has 0 unspecified atom stereocenters. The lowest BCUT2D eigenvalue weighted by Gasteiger charge is -2.31. The number of hydrogen-bond donors (Lipinski definition) is 0. The monoisotopic (exact) mass is 509 g/mol.